The van der Waals surface area contributed by atoms with E-state index < -0.39 is 67.5 Å². The first-order valence-electron chi connectivity index (χ1n) is 22.1. The predicted molar refractivity (Wildman–Crippen MR) is 194 cm³/mol. The van der Waals surface area contributed by atoms with E-state index in [0.717, 1.165) is 22.5 Å². The number of aromatic nitrogens is 2. The summed E-state index contributed by atoms with van der Waals surface area (Å²) in [6.45, 7) is -4.21. The van der Waals surface area contributed by atoms with Crippen molar-refractivity contribution in [2.45, 2.75) is 32.5 Å². The van der Waals surface area contributed by atoms with E-state index in [1.54, 1.807) is 42.5 Å². The molecule has 0 unspecified atom stereocenters. The number of hydrogen-bond donors (Lipinski definition) is 0. The van der Waals surface area contributed by atoms with Gasteiger partial charge in [-0.1, -0.05) is 130 Å². The van der Waals surface area contributed by atoms with Gasteiger partial charge in [0, 0.05) is 25.7 Å². The average Bonchev–Trinajstić information content (AvgIpc) is 3.76. The quantitative estimate of drug-likeness (QED) is 0.183. The van der Waals surface area contributed by atoms with Crippen LogP contribution in [0.1, 0.15) is 56.8 Å². The van der Waals surface area contributed by atoms with Crippen molar-refractivity contribution in [1.82, 2.24) is 9.55 Å². The van der Waals surface area contributed by atoms with E-state index in [0.29, 0.717) is 23.1 Å². The van der Waals surface area contributed by atoms with Gasteiger partial charge < -0.3 is 0 Å². The minimum Gasteiger partial charge on any atom is -0.296 e. The van der Waals surface area contributed by atoms with E-state index in [1.807, 2.05) is 47.9 Å². The van der Waals surface area contributed by atoms with Gasteiger partial charge in [0.1, 0.15) is 5.82 Å². The van der Waals surface area contributed by atoms with Crippen LogP contribution in [0.25, 0.3) is 71.6 Å². The van der Waals surface area contributed by atoms with Crippen molar-refractivity contribution in [3.63, 3.8) is 0 Å². The molecule has 0 aliphatic heterocycles. The number of fused-ring (bicyclic) bond motifs is 6. The number of nitrogens with zero attached hydrogens (tertiary/aromatic N) is 2. The van der Waals surface area contributed by atoms with Crippen LogP contribution < -0.4 is 0 Å². The van der Waals surface area contributed by atoms with Gasteiger partial charge in [0.25, 0.3) is 0 Å². The van der Waals surface area contributed by atoms with Crippen LogP contribution in [-0.2, 0) is 11.8 Å². The number of imidazole rings is 1. The maximum atomic E-state index is 9.38. The molecule has 7 aromatic carbocycles. The van der Waals surface area contributed by atoms with Crippen molar-refractivity contribution in [2.24, 2.45) is 0 Å². The second-order valence-corrected chi connectivity index (χ2v) is 11.6. The van der Waals surface area contributed by atoms with E-state index in [-0.39, 0.29) is 49.4 Å². The number of aryl methyl sites for hydroxylation is 1. The third-order valence-electron chi connectivity index (χ3n) is 9.07. The van der Waals surface area contributed by atoms with E-state index >= 15 is 0 Å². The molecule has 0 saturated heterocycles. The number of para-hydroxylation sites is 2. The van der Waals surface area contributed by atoms with Crippen LogP contribution in [-0.4, -0.2) is 9.55 Å². The zero-order valence-corrected chi connectivity index (χ0v) is 24.8. The van der Waals surface area contributed by atoms with Gasteiger partial charge in [-0.05, 0) is 96.4 Å². The fraction of sp³-hybridized carbons (Fsp3) is 0.114. The molecule has 0 atom stereocenters. The summed E-state index contributed by atoms with van der Waals surface area (Å²) in [7, 11) is 0. The van der Waals surface area contributed by atoms with Gasteiger partial charge in [0.15, 0.2) is 0 Å². The summed E-state index contributed by atoms with van der Waals surface area (Å²) in [5.74, 6) is 0.811. The third kappa shape index (κ3) is 3.80. The third-order valence-corrected chi connectivity index (χ3v) is 9.07. The van der Waals surface area contributed by atoms with Crippen LogP contribution in [0.3, 0.4) is 0 Å². The summed E-state index contributed by atoms with van der Waals surface area (Å²) in [6, 6.07) is 21.6. The topological polar surface area (TPSA) is 17.8 Å². The first kappa shape index (κ1) is 16.2. The molecular weight excluding hydrogens is 556 g/mol. The number of rotatable bonds is 4. The highest BCUT2D eigenvalue weighted by Crippen LogP contribution is 2.51. The molecule has 0 bridgehead atoms. The Balaban J connectivity index is 1.43. The van der Waals surface area contributed by atoms with E-state index in [1.165, 1.54) is 12.1 Å². The molecular formula is C44H34N2. The maximum Gasteiger partial charge on any atom is 0.114 e. The predicted octanol–water partition coefficient (Wildman–Crippen LogP) is 11.5. The molecule has 0 N–H and O–H groups in total. The molecule has 0 amide bonds. The molecule has 0 radical (unpaired) electrons. The maximum absolute atomic E-state index is 9.38. The highest BCUT2D eigenvalue weighted by molar-refractivity contribution is 6.21. The normalized spacial score (nSPS) is 18.3. The molecule has 0 spiro atoms. The highest BCUT2D eigenvalue weighted by Gasteiger charge is 2.35. The Kier molecular flexibility index (Phi) is 3.53. The zero-order valence-electron chi connectivity index (χ0n) is 38.8. The van der Waals surface area contributed by atoms with Crippen molar-refractivity contribution in [1.29, 1.82) is 0 Å². The summed E-state index contributed by atoms with van der Waals surface area (Å²) in [5.41, 5.74) is 1.39. The minimum absolute atomic E-state index is 0.0133. The molecule has 2 nitrogen and oxygen atoms in total. The Morgan fingerprint density at radius 2 is 1.24 bits per heavy atom. The van der Waals surface area contributed by atoms with Gasteiger partial charge >= 0.3 is 0 Å². The smallest absolute Gasteiger partial charge is 0.114 e. The van der Waals surface area contributed by atoms with Crippen LogP contribution in [0.2, 0.25) is 0 Å². The molecule has 1 aliphatic rings. The molecule has 0 fully saturated rings. The Hall–Kier alpha value is -5.47. The van der Waals surface area contributed by atoms with Gasteiger partial charge in [-0.25, -0.2) is 4.98 Å². The minimum atomic E-state index is -3.11. The van der Waals surface area contributed by atoms with Crippen LogP contribution in [0.15, 0.2) is 139 Å². The van der Waals surface area contributed by atoms with Gasteiger partial charge in [-0.3, -0.25) is 4.57 Å². The summed E-state index contributed by atoms with van der Waals surface area (Å²) >= 11 is 0. The average molecular weight is 605 g/mol. The lowest BCUT2D eigenvalue weighted by molar-refractivity contribution is 0.660. The Bertz CT molecular complexity index is 3050. The first-order chi connectivity index (χ1) is 28.4. The summed E-state index contributed by atoms with van der Waals surface area (Å²) < 4.78 is 127. The second kappa shape index (κ2) is 10.0. The van der Waals surface area contributed by atoms with Gasteiger partial charge in [-0.15, -0.1) is 0 Å². The zero-order chi connectivity index (χ0) is 43.0. The van der Waals surface area contributed by atoms with Crippen molar-refractivity contribution in [2.75, 3.05) is 0 Å². The Morgan fingerprint density at radius 3 is 1.91 bits per heavy atom. The van der Waals surface area contributed by atoms with Gasteiger partial charge in [0.05, 0.1) is 22.0 Å². The van der Waals surface area contributed by atoms with Crippen molar-refractivity contribution in [3.05, 3.63) is 156 Å². The second-order valence-electron chi connectivity index (χ2n) is 11.6. The molecule has 9 rings (SSSR count). The first-order valence-corrected chi connectivity index (χ1v) is 15.1. The number of hydrogen-bond acceptors (Lipinski definition) is 1. The standard InChI is InChI=1S/C44H34N2/c1-4-41-45-39-19-11-12-20-40(39)46(41)30-24-21-28(22-25-30)42-33-14-5-7-16-35(33)43(36-17-8-6-15-34(36)42)29-23-26-32-31-13-9-10-18-37(31)44(2,3)38(32)27-29/h5-27H,4H2,1-3H3/i2D3,3D3,5D,6D,7D,8D,14D,15D,16D,17D. The lowest BCUT2D eigenvalue weighted by Crippen LogP contribution is -2.14. The fourth-order valence-corrected chi connectivity index (χ4v) is 7.02. The molecule has 1 aromatic heterocycles. The van der Waals surface area contributed by atoms with E-state index in [4.69, 9.17) is 18.7 Å². The molecule has 8 aromatic rings. The van der Waals surface area contributed by atoms with Crippen LogP contribution in [0.4, 0.5) is 0 Å². The fourth-order valence-electron chi connectivity index (χ4n) is 7.02. The summed E-state index contributed by atoms with van der Waals surface area (Å²) in [4.78, 5) is 4.79. The van der Waals surface area contributed by atoms with E-state index in [9.17, 15) is 5.48 Å². The Morgan fingerprint density at radius 1 is 0.652 bits per heavy atom. The molecule has 0 saturated carbocycles. The van der Waals surface area contributed by atoms with Crippen molar-refractivity contribution >= 4 is 32.6 Å². The van der Waals surface area contributed by atoms with Gasteiger partial charge in [-0.2, -0.15) is 0 Å². The largest absolute Gasteiger partial charge is 0.296 e. The van der Waals surface area contributed by atoms with Crippen molar-refractivity contribution in [3.8, 4) is 39.1 Å². The lowest BCUT2D eigenvalue weighted by Gasteiger charge is -2.23. The highest BCUT2D eigenvalue weighted by atomic mass is 15.1. The molecule has 1 aliphatic carbocycles. The summed E-state index contributed by atoms with van der Waals surface area (Å²) in [6.07, 6.45) is 0.633. The molecule has 2 heteroatoms. The summed E-state index contributed by atoms with van der Waals surface area (Å²) in [5, 5.41) is -0.193. The monoisotopic (exact) mass is 604 g/mol. The molecule has 46 heavy (non-hydrogen) atoms. The number of benzene rings is 7. The van der Waals surface area contributed by atoms with Gasteiger partial charge in [0.2, 0.25) is 0 Å². The van der Waals surface area contributed by atoms with Crippen LogP contribution in [0.5, 0.6) is 0 Å². The van der Waals surface area contributed by atoms with Crippen LogP contribution in [0, 0.1) is 0 Å². The van der Waals surface area contributed by atoms with Crippen molar-refractivity contribution < 1.29 is 19.2 Å². The molecule has 220 valence electrons. The SMILES string of the molecule is [2H]c1c([2H])c([2H])c2c(-c3ccc4c(c3)C(C([2H])([2H])[2H])(C([2H])([2H])[2H])c3ccccc3-4)c3c([2H])c([2H])c([2H])c([2H])c3c(-c3ccc(-n4c(CC)nc5ccccc54)cc3)c2c1[2H]. The lowest BCUT2D eigenvalue weighted by atomic mass is 9.80. The Labute approximate surface area is 289 Å². The van der Waals surface area contributed by atoms with Crippen LogP contribution >= 0.6 is 0 Å². The molecule has 1 heterocycles. The van der Waals surface area contributed by atoms with E-state index in [2.05, 4.69) is 0 Å².